The highest BCUT2D eigenvalue weighted by Gasteiger charge is 2.25. The monoisotopic (exact) mass is 387 g/mol. The van der Waals surface area contributed by atoms with Crippen molar-refractivity contribution in [2.45, 2.75) is 12.3 Å². The lowest BCUT2D eigenvalue weighted by atomic mass is 9.98. The number of thiophene rings is 1. The Balaban J connectivity index is 1.95. The second-order valence-electron chi connectivity index (χ2n) is 5.66. The van der Waals surface area contributed by atoms with E-state index in [2.05, 4.69) is 15.0 Å². The van der Waals surface area contributed by atoms with Gasteiger partial charge in [-0.15, -0.1) is 11.3 Å². The van der Waals surface area contributed by atoms with Gasteiger partial charge < -0.3 is 20.9 Å². The van der Waals surface area contributed by atoms with Crippen LogP contribution in [0.2, 0.25) is 0 Å². The number of methoxy groups -OCH3 is 2. The molecule has 3 aromatic heterocycles. The molecule has 0 saturated heterocycles. The van der Waals surface area contributed by atoms with Crippen LogP contribution in [0, 0.1) is 0 Å². The van der Waals surface area contributed by atoms with Gasteiger partial charge in [0.2, 0.25) is 5.95 Å². The highest BCUT2D eigenvalue weighted by Crippen LogP contribution is 2.30. The van der Waals surface area contributed by atoms with Gasteiger partial charge in [-0.1, -0.05) is 0 Å². The first-order valence-electron chi connectivity index (χ1n) is 7.86. The van der Waals surface area contributed by atoms with Gasteiger partial charge in [0.15, 0.2) is 5.65 Å². The van der Waals surface area contributed by atoms with Crippen LogP contribution in [-0.2, 0) is 20.7 Å². The van der Waals surface area contributed by atoms with Gasteiger partial charge in [-0.05, 0) is 30.2 Å². The molecule has 3 rings (SSSR count). The van der Waals surface area contributed by atoms with E-state index in [4.69, 9.17) is 20.9 Å². The molecule has 9 nitrogen and oxygen atoms in total. The zero-order valence-electron chi connectivity index (χ0n) is 14.6. The summed E-state index contributed by atoms with van der Waals surface area (Å²) in [4.78, 5) is 37.3. The van der Waals surface area contributed by atoms with Gasteiger partial charge in [-0.3, -0.25) is 4.79 Å². The second kappa shape index (κ2) is 7.54. The molecular weight excluding hydrogens is 370 g/mol. The number of fused-ring (bicyclic) bond motifs is 1. The average Bonchev–Trinajstić information content (AvgIpc) is 3.15. The Morgan fingerprint density at radius 1 is 1.19 bits per heavy atom. The quantitative estimate of drug-likeness (QED) is 0.623. The maximum Gasteiger partial charge on any atom is 0.348 e. The van der Waals surface area contributed by atoms with E-state index in [1.807, 2.05) is 0 Å². The maximum absolute atomic E-state index is 12.3. The Hall–Kier alpha value is -3.27. The molecule has 0 bridgehead atoms. The highest BCUT2D eigenvalue weighted by molar-refractivity contribution is 7.14. The first kappa shape index (κ1) is 18.5. The summed E-state index contributed by atoms with van der Waals surface area (Å²) in [5, 5.41) is 0.548. The van der Waals surface area contributed by atoms with Crippen LogP contribution in [0.5, 0.6) is 0 Å². The first-order valence-corrected chi connectivity index (χ1v) is 8.68. The van der Waals surface area contributed by atoms with E-state index in [-0.39, 0.29) is 11.8 Å². The van der Waals surface area contributed by atoms with Crippen LogP contribution in [0.15, 0.2) is 24.4 Å². The number of pyridine rings is 1. The Morgan fingerprint density at radius 3 is 2.67 bits per heavy atom. The minimum absolute atomic E-state index is 0.0432. The predicted molar refractivity (Wildman–Crippen MR) is 100 cm³/mol. The molecule has 1 unspecified atom stereocenters. The van der Waals surface area contributed by atoms with Crippen molar-refractivity contribution in [3.8, 4) is 0 Å². The molecule has 140 valence electrons. The molecule has 3 aromatic rings. The van der Waals surface area contributed by atoms with Gasteiger partial charge in [-0.2, -0.15) is 9.97 Å². The van der Waals surface area contributed by atoms with Gasteiger partial charge in [0.25, 0.3) is 0 Å². The predicted octanol–water partition coefficient (Wildman–Crippen LogP) is 1.54. The molecule has 27 heavy (non-hydrogen) atoms. The zero-order valence-corrected chi connectivity index (χ0v) is 15.4. The van der Waals surface area contributed by atoms with Gasteiger partial charge in [-0.25, -0.2) is 9.78 Å². The summed E-state index contributed by atoms with van der Waals surface area (Å²) in [5.74, 6) is -1.22. The number of nitrogen functional groups attached to an aromatic ring is 2. The Kier molecular flexibility index (Phi) is 5.17. The Morgan fingerprint density at radius 2 is 1.96 bits per heavy atom. The van der Waals surface area contributed by atoms with Crippen LogP contribution in [0.3, 0.4) is 0 Å². The standard InChI is InChI=1S/C17H17N5O4S/c1-25-15(23)9(11-3-4-12(27-11)16(24)26-2)5-8-6-10-13(18)21-17(19)22-14(10)20-7-8/h3-4,6-7,9H,5H2,1-2H3,(H4,18,19,20,21,22). The lowest BCUT2D eigenvalue weighted by Crippen LogP contribution is -2.16. The van der Waals surface area contributed by atoms with Gasteiger partial charge in [0, 0.05) is 11.1 Å². The normalized spacial score (nSPS) is 11.9. The summed E-state index contributed by atoms with van der Waals surface area (Å²) >= 11 is 1.18. The maximum atomic E-state index is 12.3. The fourth-order valence-corrected chi connectivity index (χ4v) is 3.65. The van der Waals surface area contributed by atoms with Crippen molar-refractivity contribution in [1.82, 2.24) is 15.0 Å². The summed E-state index contributed by atoms with van der Waals surface area (Å²) in [5.41, 5.74) is 12.6. The molecule has 0 saturated carbocycles. The largest absolute Gasteiger partial charge is 0.469 e. The topological polar surface area (TPSA) is 143 Å². The van der Waals surface area contributed by atoms with E-state index in [0.29, 0.717) is 27.2 Å². The number of esters is 2. The van der Waals surface area contributed by atoms with Crippen molar-refractivity contribution in [3.63, 3.8) is 0 Å². The van der Waals surface area contributed by atoms with Crippen LogP contribution in [0.25, 0.3) is 11.0 Å². The minimum Gasteiger partial charge on any atom is -0.469 e. The molecule has 1 atom stereocenters. The molecule has 0 aliphatic carbocycles. The fraction of sp³-hybridized carbons (Fsp3) is 0.235. The van der Waals surface area contributed by atoms with Gasteiger partial charge in [0.1, 0.15) is 10.7 Å². The van der Waals surface area contributed by atoms with E-state index in [1.165, 1.54) is 25.6 Å². The summed E-state index contributed by atoms with van der Waals surface area (Å²) < 4.78 is 9.64. The molecule has 3 heterocycles. The Bertz CT molecular complexity index is 1020. The first-order chi connectivity index (χ1) is 12.9. The number of carbonyl (C=O) groups excluding carboxylic acids is 2. The molecule has 10 heteroatoms. The van der Waals surface area contributed by atoms with Crippen molar-refractivity contribution in [3.05, 3.63) is 39.7 Å². The minimum atomic E-state index is -0.603. The van der Waals surface area contributed by atoms with E-state index < -0.39 is 17.9 Å². The third-order valence-electron chi connectivity index (χ3n) is 3.94. The van der Waals surface area contributed by atoms with E-state index in [0.717, 1.165) is 5.56 Å². The Labute approximate surface area is 158 Å². The van der Waals surface area contributed by atoms with Crippen molar-refractivity contribution >= 4 is 46.1 Å². The molecule has 0 aliphatic heterocycles. The lowest BCUT2D eigenvalue weighted by Gasteiger charge is -2.13. The van der Waals surface area contributed by atoms with Crippen LogP contribution in [-0.4, -0.2) is 41.1 Å². The van der Waals surface area contributed by atoms with E-state index >= 15 is 0 Å². The van der Waals surface area contributed by atoms with Crippen molar-refractivity contribution in [2.24, 2.45) is 0 Å². The SMILES string of the molecule is COC(=O)c1ccc(C(Cc2cnc3nc(N)nc(N)c3c2)C(=O)OC)s1. The smallest absolute Gasteiger partial charge is 0.348 e. The van der Waals surface area contributed by atoms with E-state index in [9.17, 15) is 9.59 Å². The molecule has 0 aromatic carbocycles. The number of rotatable bonds is 5. The second-order valence-corrected chi connectivity index (χ2v) is 6.77. The number of nitrogens with zero attached hydrogens (tertiary/aromatic N) is 3. The number of ether oxygens (including phenoxy) is 2. The average molecular weight is 387 g/mol. The van der Waals surface area contributed by atoms with Crippen molar-refractivity contribution in [2.75, 3.05) is 25.7 Å². The zero-order chi connectivity index (χ0) is 19.6. The number of carbonyl (C=O) groups is 2. The van der Waals surface area contributed by atoms with Crippen LogP contribution in [0.4, 0.5) is 11.8 Å². The van der Waals surface area contributed by atoms with Crippen molar-refractivity contribution < 1.29 is 19.1 Å². The molecule has 0 radical (unpaired) electrons. The summed E-state index contributed by atoms with van der Waals surface area (Å²) in [6, 6.07) is 5.10. The summed E-state index contributed by atoms with van der Waals surface area (Å²) in [6.07, 6.45) is 1.90. The molecule has 0 spiro atoms. The summed E-state index contributed by atoms with van der Waals surface area (Å²) in [6.45, 7) is 0. The van der Waals surface area contributed by atoms with Gasteiger partial charge >= 0.3 is 11.9 Å². The lowest BCUT2D eigenvalue weighted by molar-refractivity contribution is -0.142. The number of nitrogens with two attached hydrogens (primary N) is 2. The van der Waals surface area contributed by atoms with Crippen LogP contribution in [0.1, 0.15) is 26.0 Å². The van der Waals surface area contributed by atoms with E-state index in [1.54, 1.807) is 24.4 Å². The van der Waals surface area contributed by atoms with Crippen LogP contribution >= 0.6 is 11.3 Å². The van der Waals surface area contributed by atoms with Crippen LogP contribution < -0.4 is 11.5 Å². The summed E-state index contributed by atoms with van der Waals surface area (Å²) in [7, 11) is 2.62. The third-order valence-corrected chi connectivity index (χ3v) is 5.12. The number of aromatic nitrogens is 3. The highest BCUT2D eigenvalue weighted by atomic mass is 32.1. The van der Waals surface area contributed by atoms with Gasteiger partial charge in [0.05, 0.1) is 25.5 Å². The third kappa shape index (κ3) is 3.80. The van der Waals surface area contributed by atoms with Crippen molar-refractivity contribution in [1.29, 1.82) is 0 Å². The fourth-order valence-electron chi connectivity index (χ4n) is 2.64. The number of hydrogen-bond donors (Lipinski definition) is 2. The molecule has 4 N–H and O–H groups in total. The number of hydrogen-bond acceptors (Lipinski definition) is 10. The molecular formula is C17H17N5O4S. The number of anilines is 2. The molecule has 0 aliphatic rings. The molecule has 0 fully saturated rings. The molecule has 0 amide bonds.